The number of rotatable bonds is 3. The van der Waals surface area contributed by atoms with Crippen LogP contribution in [0, 0.1) is 5.92 Å². The highest BCUT2D eigenvalue weighted by Gasteiger charge is 2.19. The molecule has 2 rings (SSSR count). The lowest BCUT2D eigenvalue weighted by Crippen LogP contribution is -2.10. The van der Waals surface area contributed by atoms with Gasteiger partial charge in [-0.25, -0.2) is 0 Å². The van der Waals surface area contributed by atoms with Gasteiger partial charge in [0.2, 0.25) is 0 Å². The number of methoxy groups -OCH3 is 1. The minimum Gasteiger partial charge on any atom is -0.496 e. The predicted octanol–water partition coefficient (Wildman–Crippen LogP) is 4.54. The van der Waals surface area contributed by atoms with Crippen molar-refractivity contribution in [2.45, 2.75) is 46.0 Å². The summed E-state index contributed by atoms with van der Waals surface area (Å²) >= 11 is 3.72. The number of aryl methyl sites for hydroxylation is 1. The van der Waals surface area contributed by atoms with Gasteiger partial charge >= 0.3 is 0 Å². The van der Waals surface area contributed by atoms with Crippen molar-refractivity contribution in [3.63, 3.8) is 0 Å². The fourth-order valence-electron chi connectivity index (χ4n) is 2.71. The van der Waals surface area contributed by atoms with Gasteiger partial charge in [-0.05, 0) is 76.7 Å². The van der Waals surface area contributed by atoms with Gasteiger partial charge in [-0.2, -0.15) is 0 Å². The lowest BCUT2D eigenvalue weighted by atomic mass is 9.85. The number of halogens is 1. The minimum absolute atomic E-state index is 0.685. The summed E-state index contributed by atoms with van der Waals surface area (Å²) in [4.78, 5) is 0. The highest BCUT2D eigenvalue weighted by molar-refractivity contribution is 9.10. The maximum Gasteiger partial charge on any atom is 0.133 e. The third kappa shape index (κ3) is 2.67. The number of ether oxygens (including phenoxy) is 1. The van der Waals surface area contributed by atoms with Gasteiger partial charge in [0.1, 0.15) is 5.75 Å². The lowest BCUT2D eigenvalue weighted by molar-refractivity contribution is 0.409. The van der Waals surface area contributed by atoms with Crippen LogP contribution in [0.2, 0.25) is 0 Å². The van der Waals surface area contributed by atoms with Crippen LogP contribution in [0.3, 0.4) is 0 Å². The van der Waals surface area contributed by atoms with Gasteiger partial charge in [0.15, 0.2) is 0 Å². The zero-order valence-corrected chi connectivity index (χ0v) is 12.6. The second-order valence-electron chi connectivity index (χ2n) is 5.31. The first-order valence-corrected chi connectivity index (χ1v) is 7.30. The topological polar surface area (TPSA) is 9.23 Å². The third-order valence-corrected chi connectivity index (χ3v) is 4.36. The van der Waals surface area contributed by atoms with E-state index in [0.717, 1.165) is 12.2 Å². The molecule has 94 valence electrons. The average molecular weight is 297 g/mol. The van der Waals surface area contributed by atoms with E-state index in [4.69, 9.17) is 4.74 Å². The van der Waals surface area contributed by atoms with Crippen molar-refractivity contribution >= 4 is 15.9 Å². The fraction of sp³-hybridized carbons (Fsp3) is 0.600. The molecule has 0 heterocycles. The number of fused-ring (bicyclic) bond motifs is 1. The normalized spacial score (nSPS) is 14.9. The SMILES string of the molecule is COc1cc2c(c(CC(C)C)c1Br)CCCC2. The summed E-state index contributed by atoms with van der Waals surface area (Å²) in [7, 11) is 1.76. The van der Waals surface area contributed by atoms with Crippen LogP contribution in [0.15, 0.2) is 10.5 Å². The number of hydrogen-bond acceptors (Lipinski definition) is 1. The van der Waals surface area contributed by atoms with Crippen LogP contribution in [0.25, 0.3) is 0 Å². The highest BCUT2D eigenvalue weighted by atomic mass is 79.9. The lowest BCUT2D eigenvalue weighted by Gasteiger charge is -2.23. The van der Waals surface area contributed by atoms with Crippen molar-refractivity contribution in [3.05, 3.63) is 27.2 Å². The summed E-state index contributed by atoms with van der Waals surface area (Å²) in [5.41, 5.74) is 4.57. The molecule has 0 unspecified atom stereocenters. The molecule has 0 spiro atoms. The van der Waals surface area contributed by atoms with E-state index in [9.17, 15) is 0 Å². The third-order valence-electron chi connectivity index (χ3n) is 3.49. The molecule has 0 N–H and O–H groups in total. The zero-order valence-electron chi connectivity index (χ0n) is 11.0. The highest BCUT2D eigenvalue weighted by Crippen LogP contribution is 2.38. The quantitative estimate of drug-likeness (QED) is 0.796. The van der Waals surface area contributed by atoms with Crippen LogP contribution in [0.4, 0.5) is 0 Å². The van der Waals surface area contributed by atoms with Crippen molar-refractivity contribution < 1.29 is 4.74 Å². The van der Waals surface area contributed by atoms with Crippen molar-refractivity contribution in [2.75, 3.05) is 7.11 Å². The van der Waals surface area contributed by atoms with Gasteiger partial charge < -0.3 is 4.74 Å². The molecule has 0 radical (unpaired) electrons. The Labute approximate surface area is 113 Å². The van der Waals surface area contributed by atoms with Crippen LogP contribution in [0.1, 0.15) is 43.4 Å². The molecule has 0 bridgehead atoms. The standard InChI is InChI=1S/C15H21BrO/c1-10(2)8-13-12-7-5-4-6-11(12)9-14(17-3)15(13)16/h9-10H,4-8H2,1-3H3. The molecule has 0 aromatic heterocycles. The van der Waals surface area contributed by atoms with Crippen molar-refractivity contribution in [2.24, 2.45) is 5.92 Å². The van der Waals surface area contributed by atoms with E-state index in [1.54, 1.807) is 12.7 Å². The van der Waals surface area contributed by atoms with E-state index in [1.807, 2.05) is 0 Å². The molecule has 17 heavy (non-hydrogen) atoms. The van der Waals surface area contributed by atoms with E-state index in [0.29, 0.717) is 5.92 Å². The molecule has 0 saturated carbocycles. The largest absolute Gasteiger partial charge is 0.496 e. The molecule has 1 aromatic carbocycles. The van der Waals surface area contributed by atoms with E-state index < -0.39 is 0 Å². The summed E-state index contributed by atoms with van der Waals surface area (Å²) in [5.74, 6) is 1.69. The van der Waals surface area contributed by atoms with Crippen molar-refractivity contribution in [1.82, 2.24) is 0 Å². The van der Waals surface area contributed by atoms with Gasteiger partial charge in [0.05, 0.1) is 11.6 Å². The van der Waals surface area contributed by atoms with Crippen LogP contribution in [-0.2, 0) is 19.3 Å². The molecule has 0 aliphatic heterocycles. The van der Waals surface area contributed by atoms with Crippen LogP contribution < -0.4 is 4.74 Å². The second kappa shape index (κ2) is 5.43. The van der Waals surface area contributed by atoms with Gasteiger partial charge in [-0.1, -0.05) is 13.8 Å². The molecule has 2 heteroatoms. The monoisotopic (exact) mass is 296 g/mol. The van der Waals surface area contributed by atoms with E-state index in [-0.39, 0.29) is 0 Å². The Hall–Kier alpha value is -0.500. The summed E-state index contributed by atoms with van der Waals surface area (Å²) in [6.07, 6.45) is 6.24. The Morgan fingerprint density at radius 2 is 2.00 bits per heavy atom. The maximum absolute atomic E-state index is 5.49. The summed E-state index contributed by atoms with van der Waals surface area (Å²) in [6.45, 7) is 4.56. The first-order chi connectivity index (χ1) is 8.13. The Balaban J connectivity index is 2.51. The summed E-state index contributed by atoms with van der Waals surface area (Å²) < 4.78 is 6.66. The molecule has 0 saturated heterocycles. The Kier molecular flexibility index (Phi) is 4.13. The fourth-order valence-corrected chi connectivity index (χ4v) is 3.38. The molecule has 1 aliphatic carbocycles. The molecule has 1 aromatic rings. The predicted molar refractivity (Wildman–Crippen MR) is 75.9 cm³/mol. The van der Waals surface area contributed by atoms with Gasteiger partial charge in [0, 0.05) is 0 Å². The van der Waals surface area contributed by atoms with Crippen molar-refractivity contribution in [3.8, 4) is 5.75 Å². The van der Waals surface area contributed by atoms with Gasteiger partial charge in [-0.3, -0.25) is 0 Å². The molecule has 0 atom stereocenters. The Morgan fingerprint density at radius 1 is 1.29 bits per heavy atom. The minimum atomic E-state index is 0.685. The number of hydrogen-bond donors (Lipinski definition) is 0. The van der Waals surface area contributed by atoms with Crippen molar-refractivity contribution in [1.29, 1.82) is 0 Å². The molecule has 1 aliphatic rings. The maximum atomic E-state index is 5.49. The first-order valence-electron chi connectivity index (χ1n) is 6.50. The van der Waals surface area contributed by atoms with Crippen LogP contribution in [0.5, 0.6) is 5.75 Å². The van der Waals surface area contributed by atoms with Crippen LogP contribution >= 0.6 is 15.9 Å². The molecule has 1 nitrogen and oxygen atoms in total. The smallest absolute Gasteiger partial charge is 0.133 e. The molecule has 0 amide bonds. The first kappa shape index (κ1) is 12.9. The molecule has 0 fully saturated rings. The van der Waals surface area contributed by atoms with Gasteiger partial charge in [-0.15, -0.1) is 0 Å². The van der Waals surface area contributed by atoms with Gasteiger partial charge in [0.25, 0.3) is 0 Å². The number of benzene rings is 1. The summed E-state index contributed by atoms with van der Waals surface area (Å²) in [5, 5.41) is 0. The zero-order chi connectivity index (χ0) is 12.4. The second-order valence-corrected chi connectivity index (χ2v) is 6.11. The molecular weight excluding hydrogens is 276 g/mol. The Morgan fingerprint density at radius 3 is 2.65 bits per heavy atom. The van der Waals surface area contributed by atoms with Crippen LogP contribution in [-0.4, -0.2) is 7.11 Å². The summed E-state index contributed by atoms with van der Waals surface area (Å²) in [6, 6.07) is 2.22. The van der Waals surface area contributed by atoms with E-state index in [1.165, 1.54) is 41.3 Å². The van der Waals surface area contributed by atoms with E-state index >= 15 is 0 Å². The Bertz CT molecular complexity index is 410. The molecular formula is C15H21BrO. The van der Waals surface area contributed by atoms with E-state index in [2.05, 4.69) is 35.8 Å². The average Bonchev–Trinajstić information content (AvgIpc) is 2.32.